The van der Waals surface area contributed by atoms with Gasteiger partial charge in [-0.05, 0) is 24.3 Å². The Balaban J connectivity index is 1.83. The van der Waals surface area contributed by atoms with Crippen molar-refractivity contribution < 1.29 is 9.21 Å². The van der Waals surface area contributed by atoms with E-state index in [1.54, 1.807) is 31.2 Å². The number of carbonyl (C=O) groups is 1. The van der Waals surface area contributed by atoms with E-state index in [0.29, 0.717) is 22.5 Å². The second-order valence-corrected chi connectivity index (χ2v) is 3.97. The molecule has 2 rings (SSSR count). The maximum absolute atomic E-state index is 11.5. The van der Waals surface area contributed by atoms with Gasteiger partial charge in [0.25, 0.3) is 0 Å². The number of benzene rings is 1. The third kappa shape index (κ3) is 3.46. The van der Waals surface area contributed by atoms with Gasteiger partial charge < -0.3 is 15.1 Å². The Bertz CT molecular complexity index is 538. The quantitative estimate of drug-likeness (QED) is 0.894. The van der Waals surface area contributed by atoms with Gasteiger partial charge in [0.15, 0.2) is 0 Å². The summed E-state index contributed by atoms with van der Waals surface area (Å²) in [7, 11) is 0. The third-order valence-electron chi connectivity index (χ3n) is 2.07. The van der Waals surface area contributed by atoms with Crippen LogP contribution in [0.15, 0.2) is 28.7 Å². The highest BCUT2D eigenvalue weighted by molar-refractivity contribution is 6.30. The summed E-state index contributed by atoms with van der Waals surface area (Å²) in [4.78, 5) is 11.5. The fourth-order valence-corrected chi connectivity index (χ4v) is 1.40. The molecule has 0 bridgehead atoms. The number of aryl methyl sites for hydroxylation is 1. The fraction of sp³-hybridized carbons (Fsp3) is 0.182. The lowest BCUT2D eigenvalue weighted by Gasteiger charge is -2.05. The molecule has 0 saturated carbocycles. The summed E-state index contributed by atoms with van der Waals surface area (Å²) in [6, 6.07) is 6.45. The molecule has 0 spiro atoms. The minimum atomic E-state index is -0.354. The van der Waals surface area contributed by atoms with E-state index in [1.807, 2.05) is 0 Å². The van der Waals surface area contributed by atoms with E-state index >= 15 is 0 Å². The molecule has 0 unspecified atom stereocenters. The van der Waals surface area contributed by atoms with Crippen molar-refractivity contribution in [3.63, 3.8) is 0 Å². The molecule has 94 valence electrons. The SMILES string of the molecule is Cc1nnc(CNC(=O)Nc2ccc(Cl)cc2)o1. The van der Waals surface area contributed by atoms with E-state index in [-0.39, 0.29) is 12.6 Å². The Kier molecular flexibility index (Phi) is 3.78. The number of carbonyl (C=O) groups excluding carboxylic acids is 1. The van der Waals surface area contributed by atoms with Gasteiger partial charge in [-0.3, -0.25) is 0 Å². The predicted octanol–water partition coefficient (Wildman–Crippen LogP) is 2.35. The molecular weight excluding hydrogens is 256 g/mol. The number of hydrogen-bond donors (Lipinski definition) is 2. The average molecular weight is 267 g/mol. The third-order valence-corrected chi connectivity index (χ3v) is 2.32. The van der Waals surface area contributed by atoms with Crippen molar-refractivity contribution in [3.8, 4) is 0 Å². The first-order valence-corrected chi connectivity index (χ1v) is 5.61. The van der Waals surface area contributed by atoms with Crippen LogP contribution in [0.2, 0.25) is 5.02 Å². The molecule has 0 saturated heterocycles. The van der Waals surface area contributed by atoms with Gasteiger partial charge in [0.05, 0.1) is 6.54 Å². The molecule has 1 aromatic carbocycles. The van der Waals surface area contributed by atoms with E-state index in [4.69, 9.17) is 16.0 Å². The van der Waals surface area contributed by atoms with E-state index in [1.165, 1.54) is 0 Å². The molecule has 0 radical (unpaired) electrons. The van der Waals surface area contributed by atoms with Crippen LogP contribution >= 0.6 is 11.6 Å². The lowest BCUT2D eigenvalue weighted by atomic mass is 10.3. The van der Waals surface area contributed by atoms with E-state index in [2.05, 4.69) is 20.8 Å². The van der Waals surface area contributed by atoms with Crippen LogP contribution < -0.4 is 10.6 Å². The summed E-state index contributed by atoms with van der Waals surface area (Å²) >= 11 is 5.74. The van der Waals surface area contributed by atoms with Gasteiger partial charge in [-0.1, -0.05) is 11.6 Å². The number of aromatic nitrogens is 2. The lowest BCUT2D eigenvalue weighted by Crippen LogP contribution is -2.28. The molecule has 2 amide bonds. The van der Waals surface area contributed by atoms with Crippen LogP contribution in [0.5, 0.6) is 0 Å². The summed E-state index contributed by atoms with van der Waals surface area (Å²) < 4.78 is 5.12. The molecule has 0 aliphatic carbocycles. The highest BCUT2D eigenvalue weighted by Crippen LogP contribution is 2.13. The molecule has 1 aromatic heterocycles. The Morgan fingerprint density at radius 3 is 2.67 bits per heavy atom. The minimum absolute atomic E-state index is 0.181. The summed E-state index contributed by atoms with van der Waals surface area (Å²) in [5.74, 6) is 0.823. The van der Waals surface area contributed by atoms with Crippen molar-refractivity contribution in [2.24, 2.45) is 0 Å². The number of hydrogen-bond acceptors (Lipinski definition) is 4. The standard InChI is InChI=1S/C11H11ClN4O2/c1-7-15-16-10(18-7)6-13-11(17)14-9-4-2-8(12)3-5-9/h2-5H,6H2,1H3,(H2,13,14,17). The molecule has 2 N–H and O–H groups in total. The Labute approximate surface area is 108 Å². The molecule has 2 aromatic rings. The highest BCUT2D eigenvalue weighted by Gasteiger charge is 2.05. The average Bonchev–Trinajstić information content (AvgIpc) is 2.76. The molecule has 0 fully saturated rings. The largest absolute Gasteiger partial charge is 0.424 e. The van der Waals surface area contributed by atoms with Gasteiger partial charge in [-0.25, -0.2) is 4.79 Å². The van der Waals surface area contributed by atoms with Crippen molar-refractivity contribution in [2.75, 3.05) is 5.32 Å². The van der Waals surface area contributed by atoms with Gasteiger partial charge in [-0.15, -0.1) is 10.2 Å². The zero-order valence-corrected chi connectivity index (χ0v) is 10.4. The molecule has 18 heavy (non-hydrogen) atoms. The van der Waals surface area contributed by atoms with Gasteiger partial charge in [0.2, 0.25) is 11.8 Å². The molecule has 0 atom stereocenters. The normalized spacial score (nSPS) is 10.1. The summed E-state index contributed by atoms with van der Waals surface area (Å²) in [6.07, 6.45) is 0. The second-order valence-electron chi connectivity index (χ2n) is 3.53. The van der Waals surface area contributed by atoms with Crippen LogP contribution in [0.25, 0.3) is 0 Å². The van der Waals surface area contributed by atoms with E-state index in [9.17, 15) is 4.79 Å². The van der Waals surface area contributed by atoms with Crippen LogP contribution in [0.4, 0.5) is 10.5 Å². The summed E-state index contributed by atoms with van der Waals surface area (Å²) in [5.41, 5.74) is 0.651. The van der Waals surface area contributed by atoms with Crippen molar-refractivity contribution in [2.45, 2.75) is 13.5 Å². The summed E-state index contributed by atoms with van der Waals surface area (Å²) in [6.45, 7) is 1.87. The fourth-order valence-electron chi connectivity index (χ4n) is 1.27. The topological polar surface area (TPSA) is 80.0 Å². The number of nitrogens with one attached hydrogen (secondary N) is 2. The Morgan fingerprint density at radius 2 is 2.06 bits per heavy atom. The van der Waals surface area contributed by atoms with Crippen molar-refractivity contribution >= 4 is 23.3 Å². The number of rotatable bonds is 3. The second kappa shape index (κ2) is 5.50. The predicted molar refractivity (Wildman–Crippen MR) is 66.3 cm³/mol. The molecule has 1 heterocycles. The van der Waals surface area contributed by atoms with Crippen molar-refractivity contribution in [3.05, 3.63) is 41.1 Å². The minimum Gasteiger partial charge on any atom is -0.424 e. The molecule has 6 nitrogen and oxygen atoms in total. The maximum atomic E-state index is 11.5. The van der Waals surface area contributed by atoms with Crippen LogP contribution in [0.1, 0.15) is 11.8 Å². The van der Waals surface area contributed by atoms with Crippen LogP contribution in [-0.2, 0) is 6.54 Å². The number of anilines is 1. The number of urea groups is 1. The molecular formula is C11H11ClN4O2. The molecule has 0 aliphatic heterocycles. The monoisotopic (exact) mass is 266 g/mol. The Morgan fingerprint density at radius 1 is 1.33 bits per heavy atom. The first-order valence-electron chi connectivity index (χ1n) is 5.23. The van der Waals surface area contributed by atoms with Gasteiger partial charge >= 0.3 is 6.03 Å². The zero-order valence-electron chi connectivity index (χ0n) is 9.61. The zero-order chi connectivity index (χ0) is 13.0. The maximum Gasteiger partial charge on any atom is 0.319 e. The molecule has 7 heteroatoms. The van der Waals surface area contributed by atoms with Gasteiger partial charge in [-0.2, -0.15) is 0 Å². The summed E-state index contributed by atoms with van der Waals surface area (Å²) in [5, 5.41) is 13.3. The molecule has 0 aliphatic rings. The first kappa shape index (κ1) is 12.4. The number of nitrogens with zero attached hydrogens (tertiary/aromatic N) is 2. The van der Waals surface area contributed by atoms with Crippen molar-refractivity contribution in [1.82, 2.24) is 15.5 Å². The van der Waals surface area contributed by atoms with Crippen molar-refractivity contribution in [1.29, 1.82) is 0 Å². The van der Waals surface area contributed by atoms with E-state index < -0.39 is 0 Å². The van der Waals surface area contributed by atoms with Crippen LogP contribution in [0, 0.1) is 6.92 Å². The lowest BCUT2D eigenvalue weighted by molar-refractivity contribution is 0.250. The number of amides is 2. The Hall–Kier alpha value is -2.08. The smallest absolute Gasteiger partial charge is 0.319 e. The van der Waals surface area contributed by atoms with E-state index in [0.717, 1.165) is 0 Å². The van der Waals surface area contributed by atoms with Crippen LogP contribution in [-0.4, -0.2) is 16.2 Å². The van der Waals surface area contributed by atoms with Gasteiger partial charge in [0.1, 0.15) is 0 Å². The highest BCUT2D eigenvalue weighted by atomic mass is 35.5. The van der Waals surface area contributed by atoms with Crippen LogP contribution in [0.3, 0.4) is 0 Å². The number of halogens is 1. The van der Waals surface area contributed by atoms with Gasteiger partial charge in [0, 0.05) is 17.6 Å². The first-order chi connectivity index (χ1) is 8.63.